The van der Waals surface area contributed by atoms with E-state index in [4.69, 9.17) is 0 Å². The van der Waals surface area contributed by atoms with Gasteiger partial charge in [-0.15, -0.1) is 0 Å². The summed E-state index contributed by atoms with van der Waals surface area (Å²) in [5, 5.41) is 0. The lowest BCUT2D eigenvalue weighted by Gasteiger charge is -2.46. The summed E-state index contributed by atoms with van der Waals surface area (Å²) in [6.45, 7) is 9.57. The molecule has 1 rings (SSSR count). The van der Waals surface area contributed by atoms with Crippen LogP contribution in [0.25, 0.3) is 0 Å². The molecule has 0 bridgehead atoms. The lowest BCUT2D eigenvalue weighted by molar-refractivity contribution is 0.0447. The van der Waals surface area contributed by atoms with Crippen LogP contribution in [-0.2, 0) is 0 Å². The summed E-state index contributed by atoms with van der Waals surface area (Å²) in [6.07, 6.45) is 8.16. The third-order valence-corrected chi connectivity index (χ3v) is 4.55. The summed E-state index contributed by atoms with van der Waals surface area (Å²) < 4.78 is 0. The monoisotopic (exact) mass is 240 g/mol. The maximum absolute atomic E-state index is 2.60. The molecule has 1 fully saturated rings. The molecule has 0 N–H and O–H groups in total. The van der Waals surface area contributed by atoms with Gasteiger partial charge in [-0.05, 0) is 60.3 Å². The number of nitrogens with zero attached hydrogens (tertiary/aromatic N) is 2. The van der Waals surface area contributed by atoms with Crippen LogP contribution in [0.15, 0.2) is 0 Å². The fourth-order valence-corrected chi connectivity index (χ4v) is 2.83. The van der Waals surface area contributed by atoms with Crippen molar-refractivity contribution in [2.75, 3.05) is 27.2 Å². The highest BCUT2D eigenvalue weighted by Gasteiger charge is 2.33. The third kappa shape index (κ3) is 4.59. The molecule has 2 nitrogen and oxygen atoms in total. The van der Waals surface area contributed by atoms with E-state index in [1.54, 1.807) is 0 Å². The molecule has 0 aromatic rings. The van der Waals surface area contributed by atoms with Gasteiger partial charge in [0.1, 0.15) is 0 Å². The fraction of sp³-hybridized carbons (Fsp3) is 1.00. The van der Waals surface area contributed by atoms with E-state index >= 15 is 0 Å². The Labute approximate surface area is 108 Å². The molecular formula is C15H32N2. The molecule has 1 atom stereocenters. The highest BCUT2D eigenvalue weighted by Crippen LogP contribution is 2.28. The third-order valence-electron chi connectivity index (χ3n) is 4.55. The SMILES string of the molecule is CCCCCCN(C)C1CCN(C)C(C)(C)C1. The Morgan fingerprint density at radius 1 is 1.24 bits per heavy atom. The maximum Gasteiger partial charge on any atom is 0.0165 e. The molecule has 1 aliphatic heterocycles. The standard InChI is InChI=1S/C15H32N2/c1-6-7-8-9-11-16(4)14-10-12-17(5)15(2,3)13-14/h14H,6-13H2,1-5H3. The maximum atomic E-state index is 2.60. The molecule has 0 aromatic carbocycles. The molecule has 1 saturated heterocycles. The average Bonchev–Trinajstić information content (AvgIpc) is 2.28. The van der Waals surface area contributed by atoms with Gasteiger partial charge in [0.25, 0.3) is 0 Å². The molecule has 0 aromatic heterocycles. The van der Waals surface area contributed by atoms with Crippen molar-refractivity contribution in [1.29, 1.82) is 0 Å². The summed E-state index contributed by atoms with van der Waals surface area (Å²) >= 11 is 0. The molecule has 0 saturated carbocycles. The molecule has 0 radical (unpaired) electrons. The first-order valence-electron chi connectivity index (χ1n) is 7.39. The minimum absolute atomic E-state index is 0.376. The number of likely N-dealkylation sites (tertiary alicyclic amines) is 1. The van der Waals surface area contributed by atoms with Gasteiger partial charge in [0.05, 0.1) is 0 Å². The zero-order valence-corrected chi connectivity index (χ0v) is 12.6. The number of rotatable bonds is 6. The Bertz CT molecular complexity index is 213. The van der Waals surface area contributed by atoms with Gasteiger partial charge >= 0.3 is 0 Å². The lowest BCUT2D eigenvalue weighted by atomic mass is 9.87. The first-order valence-corrected chi connectivity index (χ1v) is 7.39. The molecule has 0 amide bonds. The van der Waals surface area contributed by atoms with Crippen LogP contribution in [-0.4, -0.2) is 48.6 Å². The Kier molecular flexibility index (Phi) is 5.94. The number of unbranched alkanes of at least 4 members (excludes halogenated alkanes) is 3. The van der Waals surface area contributed by atoms with E-state index in [0.29, 0.717) is 5.54 Å². The van der Waals surface area contributed by atoms with Crippen LogP contribution in [0, 0.1) is 0 Å². The predicted octanol–water partition coefficient (Wildman–Crippen LogP) is 3.37. The highest BCUT2D eigenvalue weighted by molar-refractivity contribution is 4.91. The minimum Gasteiger partial charge on any atom is -0.303 e. The second kappa shape index (κ2) is 6.75. The summed E-state index contributed by atoms with van der Waals surface area (Å²) in [7, 11) is 4.58. The van der Waals surface area contributed by atoms with Gasteiger partial charge in [0.2, 0.25) is 0 Å². The van der Waals surface area contributed by atoms with Crippen LogP contribution in [0.4, 0.5) is 0 Å². The summed E-state index contributed by atoms with van der Waals surface area (Å²) in [4.78, 5) is 5.11. The van der Waals surface area contributed by atoms with E-state index in [1.807, 2.05) is 0 Å². The van der Waals surface area contributed by atoms with Gasteiger partial charge in [0, 0.05) is 11.6 Å². The van der Waals surface area contributed by atoms with Crippen LogP contribution < -0.4 is 0 Å². The number of hydrogen-bond donors (Lipinski definition) is 0. The summed E-state index contributed by atoms with van der Waals surface area (Å²) in [6, 6.07) is 0.794. The molecule has 17 heavy (non-hydrogen) atoms. The van der Waals surface area contributed by atoms with E-state index < -0.39 is 0 Å². The van der Waals surface area contributed by atoms with Gasteiger partial charge in [-0.3, -0.25) is 0 Å². The molecule has 2 heteroatoms. The van der Waals surface area contributed by atoms with Gasteiger partial charge in [-0.2, -0.15) is 0 Å². The normalized spacial score (nSPS) is 25.4. The molecule has 1 heterocycles. The van der Waals surface area contributed by atoms with Crippen LogP contribution in [0.2, 0.25) is 0 Å². The fourth-order valence-electron chi connectivity index (χ4n) is 2.83. The van der Waals surface area contributed by atoms with Gasteiger partial charge in [-0.1, -0.05) is 26.2 Å². The second-order valence-corrected chi connectivity index (χ2v) is 6.42. The zero-order valence-electron chi connectivity index (χ0n) is 12.6. The topological polar surface area (TPSA) is 6.48 Å². The largest absolute Gasteiger partial charge is 0.303 e. The molecular weight excluding hydrogens is 208 g/mol. The molecule has 0 aliphatic carbocycles. The molecule has 1 unspecified atom stereocenters. The molecule has 1 aliphatic rings. The predicted molar refractivity (Wildman–Crippen MR) is 76.5 cm³/mol. The van der Waals surface area contributed by atoms with Crippen molar-refractivity contribution in [2.45, 2.75) is 70.9 Å². The lowest BCUT2D eigenvalue weighted by Crippen LogP contribution is -2.53. The summed E-state index contributed by atoms with van der Waals surface area (Å²) in [5.41, 5.74) is 0.376. The van der Waals surface area contributed by atoms with Crippen molar-refractivity contribution < 1.29 is 0 Å². The highest BCUT2D eigenvalue weighted by atomic mass is 15.2. The zero-order chi connectivity index (χ0) is 12.9. The van der Waals surface area contributed by atoms with Crippen molar-refractivity contribution in [1.82, 2.24) is 9.80 Å². The average molecular weight is 240 g/mol. The summed E-state index contributed by atoms with van der Waals surface area (Å²) in [5.74, 6) is 0. The van der Waals surface area contributed by atoms with Crippen molar-refractivity contribution in [3.05, 3.63) is 0 Å². The molecule has 102 valence electrons. The van der Waals surface area contributed by atoms with Crippen molar-refractivity contribution in [2.24, 2.45) is 0 Å². The van der Waals surface area contributed by atoms with Gasteiger partial charge in [0.15, 0.2) is 0 Å². The molecule has 0 spiro atoms. The van der Waals surface area contributed by atoms with Crippen LogP contribution in [0.1, 0.15) is 59.3 Å². The van der Waals surface area contributed by atoms with Crippen LogP contribution >= 0.6 is 0 Å². The minimum atomic E-state index is 0.376. The van der Waals surface area contributed by atoms with Crippen molar-refractivity contribution >= 4 is 0 Å². The van der Waals surface area contributed by atoms with Crippen molar-refractivity contribution in [3.63, 3.8) is 0 Å². The Morgan fingerprint density at radius 3 is 2.53 bits per heavy atom. The van der Waals surface area contributed by atoms with E-state index in [1.165, 1.54) is 51.6 Å². The van der Waals surface area contributed by atoms with E-state index in [0.717, 1.165) is 6.04 Å². The number of hydrogen-bond acceptors (Lipinski definition) is 2. The smallest absolute Gasteiger partial charge is 0.0165 e. The van der Waals surface area contributed by atoms with E-state index in [2.05, 4.69) is 44.7 Å². The first kappa shape index (κ1) is 15.0. The Hall–Kier alpha value is -0.0800. The van der Waals surface area contributed by atoms with Gasteiger partial charge < -0.3 is 9.80 Å². The van der Waals surface area contributed by atoms with Crippen LogP contribution in [0.5, 0.6) is 0 Å². The van der Waals surface area contributed by atoms with E-state index in [9.17, 15) is 0 Å². The quantitative estimate of drug-likeness (QED) is 0.657. The first-order chi connectivity index (χ1) is 7.97. The van der Waals surface area contributed by atoms with E-state index in [-0.39, 0.29) is 0 Å². The van der Waals surface area contributed by atoms with Crippen LogP contribution in [0.3, 0.4) is 0 Å². The van der Waals surface area contributed by atoms with Crippen molar-refractivity contribution in [3.8, 4) is 0 Å². The Morgan fingerprint density at radius 2 is 1.94 bits per heavy atom. The van der Waals surface area contributed by atoms with Gasteiger partial charge in [-0.25, -0.2) is 0 Å². The second-order valence-electron chi connectivity index (χ2n) is 6.42. The Balaban J connectivity index is 2.30. The number of piperidine rings is 1.